The van der Waals surface area contributed by atoms with Gasteiger partial charge in [-0.3, -0.25) is 19.5 Å². The van der Waals surface area contributed by atoms with E-state index in [1.165, 1.54) is 17.0 Å². The molecule has 0 unspecified atom stereocenters. The van der Waals surface area contributed by atoms with Gasteiger partial charge in [-0.25, -0.2) is 19.3 Å². The van der Waals surface area contributed by atoms with Crippen molar-refractivity contribution in [2.24, 2.45) is 0 Å². The van der Waals surface area contributed by atoms with Gasteiger partial charge < -0.3 is 15.5 Å². The van der Waals surface area contributed by atoms with Gasteiger partial charge in [-0.15, -0.1) is 0 Å². The van der Waals surface area contributed by atoms with Gasteiger partial charge in [0.15, 0.2) is 5.82 Å². The molecule has 2 aromatic carbocycles. The Hall–Kier alpha value is -5.00. The molecule has 0 bridgehead atoms. The minimum Gasteiger partial charge on any atom is -0.347 e. The highest BCUT2D eigenvalue weighted by molar-refractivity contribution is 6.08. The second-order valence-electron chi connectivity index (χ2n) is 8.88. The number of benzene rings is 2. The lowest BCUT2D eigenvalue weighted by molar-refractivity contribution is -0.119. The summed E-state index contributed by atoms with van der Waals surface area (Å²) in [6, 6.07) is 10.2. The molecule has 4 aromatic rings. The number of nitrogens with zero attached hydrogens (tertiary/aromatic N) is 5. The van der Waals surface area contributed by atoms with Gasteiger partial charge in [0.2, 0.25) is 0 Å². The molecule has 11 nitrogen and oxygen atoms in total. The fraction of sp³-hybridized carbons (Fsp3) is 0.192. The number of H-pyrrole nitrogens is 1. The van der Waals surface area contributed by atoms with Crippen molar-refractivity contribution in [1.29, 1.82) is 0 Å². The number of likely N-dealkylation sites (N-methyl/N-ethyl adjacent to an activating group) is 1. The third-order valence-electron chi connectivity index (χ3n) is 6.22. The molecular weight excluding hydrogens is 491 g/mol. The number of carbonyl (C=O) groups excluding carboxylic acids is 3. The van der Waals surface area contributed by atoms with E-state index < -0.39 is 17.9 Å². The number of rotatable bonds is 6. The van der Waals surface area contributed by atoms with Gasteiger partial charge in [0.25, 0.3) is 17.7 Å². The molecule has 0 aliphatic carbocycles. The van der Waals surface area contributed by atoms with Crippen LogP contribution in [0.1, 0.15) is 49.5 Å². The van der Waals surface area contributed by atoms with Crippen molar-refractivity contribution < 1.29 is 18.8 Å². The highest BCUT2D eigenvalue weighted by Crippen LogP contribution is 2.37. The second-order valence-corrected chi connectivity index (χ2v) is 8.88. The minimum absolute atomic E-state index is 0.0225. The van der Waals surface area contributed by atoms with E-state index in [0.29, 0.717) is 34.0 Å². The molecule has 0 spiro atoms. The van der Waals surface area contributed by atoms with E-state index in [1.807, 2.05) is 0 Å². The fourth-order valence-corrected chi connectivity index (χ4v) is 4.17. The van der Waals surface area contributed by atoms with Crippen molar-refractivity contribution in [1.82, 2.24) is 35.8 Å². The van der Waals surface area contributed by atoms with Crippen molar-refractivity contribution in [3.63, 3.8) is 0 Å². The summed E-state index contributed by atoms with van der Waals surface area (Å²) < 4.78 is 13.5. The van der Waals surface area contributed by atoms with Crippen LogP contribution in [0.15, 0.2) is 48.8 Å². The summed E-state index contributed by atoms with van der Waals surface area (Å²) in [6.45, 7) is 3.58. The number of nitrogens with one attached hydrogen (secondary N) is 3. The maximum atomic E-state index is 13.5. The number of aromatic amines is 1. The van der Waals surface area contributed by atoms with Crippen LogP contribution in [0.3, 0.4) is 0 Å². The lowest BCUT2D eigenvalue weighted by atomic mass is 10.0. The van der Waals surface area contributed by atoms with E-state index in [9.17, 15) is 18.8 Å². The molecule has 0 saturated carbocycles. The molecule has 1 atom stereocenters. The van der Waals surface area contributed by atoms with Crippen molar-refractivity contribution >= 4 is 23.4 Å². The molecule has 0 fully saturated rings. The monoisotopic (exact) mass is 514 g/mol. The van der Waals surface area contributed by atoms with Gasteiger partial charge in [-0.2, -0.15) is 5.10 Å². The molecule has 192 valence electrons. The van der Waals surface area contributed by atoms with E-state index >= 15 is 0 Å². The molecule has 12 heteroatoms. The molecule has 2 aromatic heterocycles. The van der Waals surface area contributed by atoms with E-state index in [0.717, 1.165) is 11.9 Å². The lowest BCUT2D eigenvalue weighted by Gasteiger charge is -2.13. The zero-order valence-corrected chi connectivity index (χ0v) is 20.7. The Morgan fingerprint density at radius 3 is 2.53 bits per heavy atom. The summed E-state index contributed by atoms with van der Waals surface area (Å²) in [5, 5.41) is 12.3. The average Bonchev–Trinajstić information content (AvgIpc) is 3.46. The van der Waals surface area contributed by atoms with Crippen LogP contribution in [0.25, 0.3) is 11.4 Å². The van der Waals surface area contributed by atoms with Crippen LogP contribution in [0.4, 0.5) is 10.1 Å². The Morgan fingerprint density at radius 2 is 1.82 bits per heavy atom. The predicted molar refractivity (Wildman–Crippen MR) is 135 cm³/mol. The maximum Gasteiger partial charge on any atom is 0.270 e. The Bertz CT molecular complexity index is 1580. The molecule has 1 aliphatic heterocycles. The first-order valence-corrected chi connectivity index (χ1v) is 11.7. The van der Waals surface area contributed by atoms with Crippen LogP contribution in [-0.4, -0.2) is 49.9 Å². The van der Waals surface area contributed by atoms with Crippen molar-refractivity contribution in [2.45, 2.75) is 26.4 Å². The highest BCUT2D eigenvalue weighted by atomic mass is 19.1. The zero-order valence-electron chi connectivity index (χ0n) is 20.7. The number of halogens is 1. The quantitative estimate of drug-likeness (QED) is 0.358. The van der Waals surface area contributed by atoms with Crippen molar-refractivity contribution in [2.75, 3.05) is 11.9 Å². The molecule has 1 aliphatic rings. The molecule has 38 heavy (non-hydrogen) atoms. The number of carbonyl (C=O) groups is 3. The summed E-state index contributed by atoms with van der Waals surface area (Å²) in [4.78, 5) is 52.3. The number of anilines is 1. The molecule has 3 amide bonds. The zero-order chi connectivity index (χ0) is 27.0. The lowest BCUT2D eigenvalue weighted by Crippen LogP contribution is -2.36. The summed E-state index contributed by atoms with van der Waals surface area (Å²) in [5.41, 5.74) is 3.05. The molecule has 0 saturated heterocycles. The van der Waals surface area contributed by atoms with Crippen LogP contribution in [0, 0.1) is 19.7 Å². The molecular formula is C26H23FN8O3. The number of amides is 3. The first-order valence-electron chi connectivity index (χ1n) is 11.7. The first-order chi connectivity index (χ1) is 18.2. The van der Waals surface area contributed by atoms with Gasteiger partial charge in [0.05, 0.1) is 0 Å². The largest absolute Gasteiger partial charge is 0.347 e. The van der Waals surface area contributed by atoms with Gasteiger partial charge in [0, 0.05) is 36.5 Å². The first kappa shape index (κ1) is 24.7. The number of aromatic nitrogens is 5. The van der Waals surface area contributed by atoms with Gasteiger partial charge in [0.1, 0.15) is 35.4 Å². The normalized spacial score (nSPS) is 14.4. The predicted octanol–water partition coefficient (Wildman–Crippen LogP) is 2.40. The van der Waals surface area contributed by atoms with Crippen molar-refractivity contribution in [3.8, 4) is 11.4 Å². The number of hydrogen-bond acceptors (Lipinski definition) is 7. The van der Waals surface area contributed by atoms with E-state index in [2.05, 4.69) is 35.8 Å². The molecule has 5 rings (SSSR count). The highest BCUT2D eigenvalue weighted by Gasteiger charge is 2.37. The standard InChI is InChI=1S/C26H23FN8O3/c1-13-8-15(4-7-18(13)27)11-28-24(36)19-10-20(30-12-29-19)25(37)32-22-17-6-5-16(23-31-14(2)33-34-23)9-21(17)35(3)26(22)38/h4-10,12,22H,11H2,1-3H3,(H,28,36)(H,32,37)(H,31,33,34)/t22-/m1/s1. The van der Waals surface area contributed by atoms with E-state index in [-0.39, 0.29) is 29.7 Å². The average molecular weight is 515 g/mol. The van der Waals surface area contributed by atoms with Crippen LogP contribution >= 0.6 is 0 Å². The Kier molecular flexibility index (Phi) is 6.37. The van der Waals surface area contributed by atoms with Gasteiger partial charge in [-0.1, -0.05) is 24.3 Å². The van der Waals surface area contributed by atoms with Gasteiger partial charge in [-0.05, 0) is 37.1 Å². The van der Waals surface area contributed by atoms with Crippen LogP contribution in [-0.2, 0) is 11.3 Å². The van der Waals surface area contributed by atoms with Gasteiger partial charge >= 0.3 is 0 Å². The number of fused-ring (bicyclic) bond motifs is 1. The van der Waals surface area contributed by atoms with E-state index in [4.69, 9.17) is 0 Å². The minimum atomic E-state index is -0.931. The smallest absolute Gasteiger partial charge is 0.270 e. The maximum absolute atomic E-state index is 13.5. The number of aryl methyl sites for hydroxylation is 2. The Morgan fingerprint density at radius 1 is 1.05 bits per heavy atom. The fourth-order valence-electron chi connectivity index (χ4n) is 4.17. The summed E-state index contributed by atoms with van der Waals surface area (Å²) >= 11 is 0. The topological polar surface area (TPSA) is 146 Å². The molecule has 3 N–H and O–H groups in total. The summed E-state index contributed by atoms with van der Waals surface area (Å²) in [5.74, 6) is -0.646. The third kappa shape index (κ3) is 4.71. The SMILES string of the molecule is Cc1nc(-c2ccc3c(c2)N(C)C(=O)[C@@H]3NC(=O)c2cc(C(=O)NCc3ccc(F)c(C)c3)ncn2)n[nH]1. The van der Waals surface area contributed by atoms with Crippen LogP contribution < -0.4 is 15.5 Å². The Labute approximate surface area is 216 Å². The Balaban J connectivity index is 1.30. The molecule has 0 radical (unpaired) electrons. The summed E-state index contributed by atoms with van der Waals surface area (Å²) in [6.07, 6.45) is 1.10. The number of hydrogen-bond donors (Lipinski definition) is 3. The van der Waals surface area contributed by atoms with E-state index in [1.54, 1.807) is 51.2 Å². The second kappa shape index (κ2) is 9.81. The molecule has 3 heterocycles. The van der Waals surface area contributed by atoms with Crippen LogP contribution in [0.2, 0.25) is 0 Å². The summed E-state index contributed by atoms with van der Waals surface area (Å²) in [7, 11) is 1.62. The third-order valence-corrected chi connectivity index (χ3v) is 6.22. The van der Waals surface area contributed by atoms with Crippen LogP contribution in [0.5, 0.6) is 0 Å². The van der Waals surface area contributed by atoms with Crippen molar-refractivity contribution in [3.05, 3.63) is 88.5 Å².